The molecular weight excluding hydrogens is 282 g/mol. The van der Waals surface area contributed by atoms with E-state index in [0.717, 1.165) is 25.1 Å². The van der Waals surface area contributed by atoms with Crippen LogP contribution >= 0.6 is 0 Å². The van der Waals surface area contributed by atoms with Crippen molar-refractivity contribution in [1.29, 1.82) is 0 Å². The van der Waals surface area contributed by atoms with Crippen molar-refractivity contribution in [3.63, 3.8) is 0 Å². The van der Waals surface area contributed by atoms with Crippen molar-refractivity contribution < 1.29 is 0 Å². The third-order valence-corrected chi connectivity index (χ3v) is 4.55. The van der Waals surface area contributed by atoms with Gasteiger partial charge >= 0.3 is 0 Å². The van der Waals surface area contributed by atoms with Gasteiger partial charge in [0.15, 0.2) is 0 Å². The number of allylic oxidation sites excluding steroid dienone is 1. The van der Waals surface area contributed by atoms with Crippen molar-refractivity contribution >= 4 is 11.3 Å². The minimum atomic E-state index is 0.813. The third kappa shape index (κ3) is 3.09. The van der Waals surface area contributed by atoms with Gasteiger partial charge in [-0.15, -0.1) is 0 Å². The zero-order valence-corrected chi connectivity index (χ0v) is 14.3. The highest BCUT2D eigenvalue weighted by molar-refractivity contribution is 6.25. The number of nitrogens with zero attached hydrogens (tertiary/aromatic N) is 3. The van der Waals surface area contributed by atoms with Crippen molar-refractivity contribution in [2.24, 2.45) is 4.99 Å². The molecule has 2 aromatic rings. The van der Waals surface area contributed by atoms with Crippen LogP contribution in [0.2, 0.25) is 0 Å². The Morgan fingerprint density at radius 1 is 1.09 bits per heavy atom. The number of rotatable bonds is 4. The topological polar surface area (TPSA) is 38.1 Å². The van der Waals surface area contributed by atoms with E-state index in [2.05, 4.69) is 49.8 Å². The van der Waals surface area contributed by atoms with Gasteiger partial charge in [0, 0.05) is 47.6 Å². The first kappa shape index (κ1) is 15.6. The van der Waals surface area contributed by atoms with Gasteiger partial charge in [-0.3, -0.25) is 15.0 Å². The lowest BCUT2D eigenvalue weighted by Crippen LogP contribution is -2.03. The molecule has 3 rings (SSSR count). The van der Waals surface area contributed by atoms with Crippen LogP contribution in [0.1, 0.15) is 48.7 Å². The maximum absolute atomic E-state index is 4.73. The fraction of sp³-hybridized carbons (Fsp3) is 0.350. The van der Waals surface area contributed by atoms with Crippen LogP contribution in [0.3, 0.4) is 0 Å². The monoisotopic (exact) mass is 305 g/mol. The number of hydrogen-bond donors (Lipinski definition) is 0. The molecule has 0 bridgehead atoms. The number of aryl methyl sites for hydroxylation is 2. The summed E-state index contributed by atoms with van der Waals surface area (Å²) in [5, 5.41) is 0. The Hall–Kier alpha value is -2.29. The summed E-state index contributed by atoms with van der Waals surface area (Å²) in [6, 6.07) is 4.36. The first-order valence-corrected chi connectivity index (χ1v) is 8.19. The molecule has 0 aromatic carbocycles. The predicted molar refractivity (Wildman–Crippen MR) is 96.0 cm³/mol. The molecule has 3 nitrogen and oxygen atoms in total. The van der Waals surface area contributed by atoms with Crippen LogP contribution in [0.4, 0.5) is 0 Å². The van der Waals surface area contributed by atoms with Crippen LogP contribution in [0.5, 0.6) is 0 Å². The van der Waals surface area contributed by atoms with E-state index >= 15 is 0 Å². The number of aliphatic imine (C=N–C) groups is 1. The molecule has 1 aliphatic rings. The molecule has 3 heteroatoms. The lowest BCUT2D eigenvalue weighted by Gasteiger charge is -2.13. The molecule has 1 aliphatic heterocycles. The highest BCUT2D eigenvalue weighted by Gasteiger charge is 2.17. The van der Waals surface area contributed by atoms with E-state index in [0.29, 0.717) is 0 Å². The second kappa shape index (κ2) is 6.45. The Morgan fingerprint density at radius 2 is 1.91 bits per heavy atom. The maximum Gasteiger partial charge on any atom is 0.0610 e. The molecule has 0 N–H and O–H groups in total. The normalized spacial score (nSPS) is 14.3. The summed E-state index contributed by atoms with van der Waals surface area (Å²) in [6.45, 7) is 9.36. The molecule has 23 heavy (non-hydrogen) atoms. The van der Waals surface area contributed by atoms with E-state index in [4.69, 9.17) is 4.98 Å². The van der Waals surface area contributed by atoms with Crippen LogP contribution in [0, 0.1) is 6.92 Å². The van der Waals surface area contributed by atoms with Crippen LogP contribution < -0.4 is 0 Å². The molecule has 0 unspecified atom stereocenters. The fourth-order valence-electron chi connectivity index (χ4n) is 3.19. The Balaban J connectivity index is 2.03. The van der Waals surface area contributed by atoms with Gasteiger partial charge in [0.1, 0.15) is 0 Å². The Bertz CT molecular complexity index is 800. The highest BCUT2D eigenvalue weighted by Crippen LogP contribution is 2.27. The summed E-state index contributed by atoms with van der Waals surface area (Å²) < 4.78 is 0. The molecular formula is C20H23N3. The standard InChI is InChI=1S/C20H23N3/c1-5-19-16(8-17-11-21-7-6-13(17)2)9-18(12-23-19)20-14(3)10-22-15(20)4/h6-7,9,11-12H,5,8,10H2,1-4H3. The predicted octanol–water partition coefficient (Wildman–Crippen LogP) is 4.19. The average molecular weight is 305 g/mol. The van der Waals surface area contributed by atoms with E-state index in [1.165, 1.54) is 39.1 Å². The van der Waals surface area contributed by atoms with Crippen LogP contribution in [0.25, 0.3) is 5.57 Å². The number of pyridine rings is 2. The second-order valence-corrected chi connectivity index (χ2v) is 6.22. The second-order valence-electron chi connectivity index (χ2n) is 6.22. The SMILES string of the molecule is CCc1ncc(C2=C(C)CN=C2C)cc1Cc1cnccc1C. The molecule has 0 amide bonds. The molecule has 2 aromatic heterocycles. The summed E-state index contributed by atoms with van der Waals surface area (Å²) in [5.41, 5.74) is 9.92. The summed E-state index contributed by atoms with van der Waals surface area (Å²) in [6.07, 6.45) is 7.64. The van der Waals surface area contributed by atoms with E-state index in [1.807, 2.05) is 18.6 Å². The molecule has 0 radical (unpaired) electrons. The molecule has 3 heterocycles. The van der Waals surface area contributed by atoms with Gasteiger partial charge in [-0.2, -0.15) is 0 Å². The first-order chi connectivity index (χ1) is 11.1. The van der Waals surface area contributed by atoms with Gasteiger partial charge in [0.05, 0.1) is 6.54 Å². The van der Waals surface area contributed by atoms with Crippen LogP contribution in [0.15, 0.2) is 41.3 Å². The van der Waals surface area contributed by atoms with E-state index in [1.54, 1.807) is 0 Å². The number of aromatic nitrogens is 2. The minimum Gasteiger partial charge on any atom is -0.285 e. The zero-order chi connectivity index (χ0) is 16.4. The molecule has 118 valence electrons. The van der Waals surface area contributed by atoms with Gasteiger partial charge in [0.2, 0.25) is 0 Å². The molecule has 0 aliphatic carbocycles. The van der Waals surface area contributed by atoms with Crippen molar-refractivity contribution in [3.05, 3.63) is 64.2 Å². The largest absolute Gasteiger partial charge is 0.285 e. The van der Waals surface area contributed by atoms with Crippen molar-refractivity contribution in [3.8, 4) is 0 Å². The third-order valence-electron chi connectivity index (χ3n) is 4.55. The average Bonchev–Trinajstić information content (AvgIpc) is 2.88. The highest BCUT2D eigenvalue weighted by atomic mass is 14.8. The molecule has 0 saturated heterocycles. The number of hydrogen-bond acceptors (Lipinski definition) is 3. The van der Waals surface area contributed by atoms with E-state index < -0.39 is 0 Å². The van der Waals surface area contributed by atoms with Crippen LogP contribution in [-0.2, 0) is 12.8 Å². The molecule has 0 spiro atoms. The first-order valence-electron chi connectivity index (χ1n) is 8.19. The maximum atomic E-state index is 4.73. The van der Waals surface area contributed by atoms with Crippen molar-refractivity contribution in [2.75, 3.05) is 6.54 Å². The summed E-state index contributed by atoms with van der Waals surface area (Å²) in [5.74, 6) is 0. The van der Waals surface area contributed by atoms with Gasteiger partial charge in [0.25, 0.3) is 0 Å². The molecule has 0 atom stereocenters. The molecule has 0 saturated carbocycles. The Kier molecular flexibility index (Phi) is 4.37. The smallest absolute Gasteiger partial charge is 0.0610 e. The quantitative estimate of drug-likeness (QED) is 0.849. The lowest BCUT2D eigenvalue weighted by atomic mass is 9.95. The van der Waals surface area contributed by atoms with Crippen molar-refractivity contribution in [1.82, 2.24) is 9.97 Å². The van der Waals surface area contributed by atoms with Gasteiger partial charge in [-0.1, -0.05) is 6.92 Å². The van der Waals surface area contributed by atoms with Gasteiger partial charge in [-0.25, -0.2) is 0 Å². The summed E-state index contributed by atoms with van der Waals surface area (Å²) >= 11 is 0. The summed E-state index contributed by atoms with van der Waals surface area (Å²) in [7, 11) is 0. The zero-order valence-electron chi connectivity index (χ0n) is 14.3. The summed E-state index contributed by atoms with van der Waals surface area (Å²) in [4.78, 5) is 13.5. The van der Waals surface area contributed by atoms with Crippen molar-refractivity contribution in [2.45, 2.75) is 40.5 Å². The lowest BCUT2D eigenvalue weighted by molar-refractivity contribution is 0.967. The van der Waals surface area contributed by atoms with Crippen LogP contribution in [-0.4, -0.2) is 22.2 Å². The Morgan fingerprint density at radius 3 is 2.57 bits per heavy atom. The Labute approximate surface area is 138 Å². The van der Waals surface area contributed by atoms with E-state index in [9.17, 15) is 0 Å². The minimum absolute atomic E-state index is 0.813. The molecule has 0 fully saturated rings. The fourth-order valence-corrected chi connectivity index (χ4v) is 3.19. The van der Waals surface area contributed by atoms with Gasteiger partial charge in [-0.05, 0) is 61.6 Å². The van der Waals surface area contributed by atoms with Gasteiger partial charge < -0.3 is 0 Å². The van der Waals surface area contributed by atoms with E-state index in [-0.39, 0.29) is 0 Å².